The van der Waals surface area contributed by atoms with Crippen molar-refractivity contribution in [1.82, 2.24) is 4.57 Å². The van der Waals surface area contributed by atoms with Crippen molar-refractivity contribution in [3.8, 4) is 11.5 Å². The summed E-state index contributed by atoms with van der Waals surface area (Å²) in [4.78, 5) is 32.4. The SMILES string of the molecule is CCOC(=O)C1=C(C)N=c2s/c(=C/c3ccc(OCc4ccccc4)c(Br)c3)c(=O)n2[C@H]1c1ccccc1OC(C)C. The fourth-order valence-electron chi connectivity index (χ4n) is 4.76. The average molecular weight is 648 g/mol. The number of para-hydroxylation sites is 1. The molecule has 9 heteroatoms. The van der Waals surface area contributed by atoms with E-state index in [0.717, 1.165) is 15.6 Å². The number of thiazole rings is 1. The second kappa shape index (κ2) is 12.9. The van der Waals surface area contributed by atoms with Gasteiger partial charge >= 0.3 is 5.97 Å². The average Bonchev–Trinajstić information content (AvgIpc) is 3.26. The summed E-state index contributed by atoms with van der Waals surface area (Å²) in [6, 6.07) is 22.4. The summed E-state index contributed by atoms with van der Waals surface area (Å²) in [6.45, 7) is 8.05. The first kappa shape index (κ1) is 29.5. The highest BCUT2D eigenvalue weighted by atomic mass is 79.9. The molecule has 0 bridgehead atoms. The van der Waals surface area contributed by atoms with E-state index in [1.165, 1.54) is 11.3 Å². The van der Waals surface area contributed by atoms with Gasteiger partial charge in [0.2, 0.25) is 0 Å². The molecular formula is C33H31BrN2O5S. The zero-order valence-corrected chi connectivity index (χ0v) is 26.2. The zero-order chi connectivity index (χ0) is 29.8. The van der Waals surface area contributed by atoms with Crippen molar-refractivity contribution in [3.05, 3.63) is 125 Å². The predicted octanol–water partition coefficient (Wildman–Crippen LogP) is 5.93. The lowest BCUT2D eigenvalue weighted by Crippen LogP contribution is -2.40. The lowest BCUT2D eigenvalue weighted by Gasteiger charge is -2.26. The van der Waals surface area contributed by atoms with Gasteiger partial charge in [0.15, 0.2) is 4.80 Å². The van der Waals surface area contributed by atoms with Crippen molar-refractivity contribution in [2.24, 2.45) is 4.99 Å². The Morgan fingerprint density at radius 3 is 2.52 bits per heavy atom. The molecule has 0 amide bonds. The van der Waals surface area contributed by atoms with Gasteiger partial charge in [0.05, 0.1) is 33.0 Å². The van der Waals surface area contributed by atoms with Crippen LogP contribution in [-0.4, -0.2) is 23.2 Å². The molecule has 0 spiro atoms. The summed E-state index contributed by atoms with van der Waals surface area (Å²) in [5.41, 5.74) is 3.16. The Kier molecular flexibility index (Phi) is 9.09. The van der Waals surface area contributed by atoms with Crippen LogP contribution in [0.1, 0.15) is 50.4 Å². The van der Waals surface area contributed by atoms with Crippen molar-refractivity contribution < 1.29 is 19.0 Å². The highest BCUT2D eigenvalue weighted by molar-refractivity contribution is 9.10. The number of esters is 1. The molecule has 1 aliphatic heterocycles. The summed E-state index contributed by atoms with van der Waals surface area (Å²) >= 11 is 4.89. The van der Waals surface area contributed by atoms with Gasteiger partial charge in [-0.1, -0.05) is 65.9 Å². The van der Waals surface area contributed by atoms with Crippen LogP contribution in [0.3, 0.4) is 0 Å². The summed E-state index contributed by atoms with van der Waals surface area (Å²) in [5.74, 6) is 0.792. The molecule has 0 N–H and O–H groups in total. The Morgan fingerprint density at radius 2 is 1.81 bits per heavy atom. The number of hydrogen-bond donors (Lipinski definition) is 0. The third-order valence-electron chi connectivity index (χ3n) is 6.58. The van der Waals surface area contributed by atoms with Gasteiger partial charge in [0, 0.05) is 5.56 Å². The van der Waals surface area contributed by atoms with E-state index >= 15 is 0 Å². The Balaban J connectivity index is 1.57. The smallest absolute Gasteiger partial charge is 0.338 e. The molecule has 0 fully saturated rings. The quantitative estimate of drug-likeness (QED) is 0.211. The van der Waals surface area contributed by atoms with Gasteiger partial charge in [-0.05, 0) is 79.0 Å². The summed E-state index contributed by atoms with van der Waals surface area (Å²) in [6.07, 6.45) is 1.73. The van der Waals surface area contributed by atoms with Crippen molar-refractivity contribution >= 4 is 39.3 Å². The fraction of sp³-hybridized carbons (Fsp3) is 0.242. The number of carbonyl (C=O) groups is 1. The van der Waals surface area contributed by atoms with Crippen LogP contribution in [0.5, 0.6) is 11.5 Å². The minimum Gasteiger partial charge on any atom is -0.491 e. The van der Waals surface area contributed by atoms with Crippen LogP contribution in [0.2, 0.25) is 0 Å². The minimum absolute atomic E-state index is 0.101. The topological polar surface area (TPSA) is 79.1 Å². The van der Waals surface area contributed by atoms with Crippen molar-refractivity contribution in [2.75, 3.05) is 6.61 Å². The molecule has 0 unspecified atom stereocenters. The largest absolute Gasteiger partial charge is 0.491 e. The second-order valence-corrected chi connectivity index (χ2v) is 11.8. The van der Waals surface area contributed by atoms with Gasteiger partial charge in [-0.15, -0.1) is 0 Å². The van der Waals surface area contributed by atoms with Crippen LogP contribution < -0.4 is 24.4 Å². The number of rotatable bonds is 9. The van der Waals surface area contributed by atoms with Gasteiger partial charge in [-0.25, -0.2) is 9.79 Å². The van der Waals surface area contributed by atoms with Crippen molar-refractivity contribution in [2.45, 2.75) is 46.4 Å². The number of allylic oxidation sites excluding steroid dienone is 1. The zero-order valence-electron chi connectivity index (χ0n) is 23.8. The van der Waals surface area contributed by atoms with E-state index in [1.54, 1.807) is 18.4 Å². The number of fused-ring (bicyclic) bond motifs is 1. The van der Waals surface area contributed by atoms with E-state index in [9.17, 15) is 9.59 Å². The van der Waals surface area contributed by atoms with E-state index < -0.39 is 12.0 Å². The Labute approximate surface area is 256 Å². The van der Waals surface area contributed by atoms with E-state index in [0.29, 0.717) is 44.3 Å². The number of nitrogens with zero attached hydrogens (tertiary/aromatic N) is 2. The highest BCUT2D eigenvalue weighted by Gasteiger charge is 2.35. The molecule has 2 heterocycles. The van der Waals surface area contributed by atoms with E-state index in [1.807, 2.05) is 92.7 Å². The first-order valence-corrected chi connectivity index (χ1v) is 15.3. The van der Waals surface area contributed by atoms with Crippen LogP contribution >= 0.6 is 27.3 Å². The Morgan fingerprint density at radius 1 is 1.07 bits per heavy atom. The van der Waals surface area contributed by atoms with Crippen molar-refractivity contribution in [1.29, 1.82) is 0 Å². The highest BCUT2D eigenvalue weighted by Crippen LogP contribution is 2.36. The van der Waals surface area contributed by atoms with E-state index in [2.05, 4.69) is 20.9 Å². The monoisotopic (exact) mass is 646 g/mol. The molecule has 0 saturated carbocycles. The van der Waals surface area contributed by atoms with Crippen molar-refractivity contribution in [3.63, 3.8) is 0 Å². The Bertz CT molecular complexity index is 1830. The molecule has 0 radical (unpaired) electrons. The van der Waals surface area contributed by atoms with Crippen LogP contribution in [-0.2, 0) is 16.1 Å². The summed E-state index contributed by atoms with van der Waals surface area (Å²) in [7, 11) is 0. The van der Waals surface area contributed by atoms with E-state index in [4.69, 9.17) is 14.2 Å². The predicted molar refractivity (Wildman–Crippen MR) is 168 cm³/mol. The minimum atomic E-state index is -0.752. The molecule has 0 saturated heterocycles. The van der Waals surface area contributed by atoms with Gasteiger partial charge in [-0.3, -0.25) is 9.36 Å². The van der Waals surface area contributed by atoms with Crippen LogP contribution in [0, 0.1) is 0 Å². The molecule has 1 atom stereocenters. The number of hydrogen-bond acceptors (Lipinski definition) is 7. The van der Waals surface area contributed by atoms with Gasteiger partial charge < -0.3 is 14.2 Å². The maximum absolute atomic E-state index is 14.0. The van der Waals surface area contributed by atoms with Gasteiger partial charge in [0.1, 0.15) is 24.1 Å². The molecule has 4 aromatic rings. The first-order chi connectivity index (χ1) is 20.3. The Hall–Kier alpha value is -3.95. The molecular weight excluding hydrogens is 616 g/mol. The fourth-order valence-corrected chi connectivity index (χ4v) is 6.32. The maximum atomic E-state index is 14.0. The summed E-state index contributed by atoms with van der Waals surface area (Å²) < 4.78 is 20.4. The molecule has 42 heavy (non-hydrogen) atoms. The summed E-state index contributed by atoms with van der Waals surface area (Å²) in [5, 5.41) is 0. The molecule has 3 aromatic carbocycles. The first-order valence-electron chi connectivity index (χ1n) is 13.7. The number of carbonyl (C=O) groups excluding carboxylic acids is 1. The van der Waals surface area contributed by atoms with Crippen LogP contribution in [0.25, 0.3) is 6.08 Å². The molecule has 1 aromatic heterocycles. The molecule has 7 nitrogen and oxygen atoms in total. The standard InChI is InChI=1S/C33H31BrN2O5S/c1-5-39-32(38)29-21(4)35-33-36(30(29)24-13-9-10-14-26(24)41-20(2)3)31(37)28(42-33)18-23-15-16-27(25(34)17-23)40-19-22-11-7-6-8-12-22/h6-18,20,30H,5,19H2,1-4H3/b28-18+/t30-/m0/s1. The number of aromatic nitrogens is 1. The van der Waals surface area contributed by atoms with Gasteiger partial charge in [-0.2, -0.15) is 0 Å². The number of benzene rings is 3. The molecule has 1 aliphatic rings. The lowest BCUT2D eigenvalue weighted by molar-refractivity contribution is -0.139. The van der Waals surface area contributed by atoms with E-state index in [-0.39, 0.29) is 18.3 Å². The second-order valence-electron chi connectivity index (χ2n) is 9.97. The molecule has 216 valence electrons. The third kappa shape index (κ3) is 6.27. The number of halogens is 1. The number of ether oxygens (including phenoxy) is 3. The van der Waals surface area contributed by atoms with Crippen LogP contribution in [0.15, 0.2) is 98.3 Å². The third-order valence-corrected chi connectivity index (χ3v) is 8.19. The lowest BCUT2D eigenvalue weighted by atomic mass is 9.95. The van der Waals surface area contributed by atoms with Gasteiger partial charge in [0.25, 0.3) is 5.56 Å². The maximum Gasteiger partial charge on any atom is 0.338 e. The normalized spacial score (nSPS) is 14.9. The van der Waals surface area contributed by atoms with Crippen LogP contribution in [0.4, 0.5) is 0 Å². The molecule has 5 rings (SSSR count). The molecule has 0 aliphatic carbocycles.